The summed E-state index contributed by atoms with van der Waals surface area (Å²) in [4.78, 5) is 20.5. The molecule has 5 rings (SSSR count). The van der Waals surface area contributed by atoms with Crippen molar-refractivity contribution in [1.82, 2.24) is 24.6 Å². The Morgan fingerprint density at radius 1 is 1.06 bits per heavy atom. The van der Waals surface area contributed by atoms with E-state index in [4.69, 9.17) is 19.8 Å². The number of ether oxygens (including phenoxy) is 1. The van der Waals surface area contributed by atoms with Crippen molar-refractivity contribution in [2.24, 2.45) is 4.99 Å². The van der Waals surface area contributed by atoms with Crippen molar-refractivity contribution in [2.45, 2.75) is 39.5 Å². The van der Waals surface area contributed by atoms with Crippen LogP contribution < -0.4 is 4.90 Å². The van der Waals surface area contributed by atoms with Crippen LogP contribution in [-0.4, -0.2) is 56.1 Å². The predicted octanol–water partition coefficient (Wildman–Crippen LogP) is 3.73. The number of pyridine rings is 1. The lowest BCUT2D eigenvalue weighted by Crippen LogP contribution is -2.46. The number of morpholine rings is 1. The number of aromatic nitrogens is 5. The van der Waals surface area contributed by atoms with Crippen LogP contribution in [0.4, 0.5) is 5.82 Å². The second kappa shape index (κ2) is 9.07. The van der Waals surface area contributed by atoms with Crippen LogP contribution in [-0.2, 0) is 11.3 Å². The van der Waals surface area contributed by atoms with E-state index < -0.39 is 0 Å². The first-order chi connectivity index (χ1) is 16.0. The van der Waals surface area contributed by atoms with Gasteiger partial charge in [0.05, 0.1) is 24.4 Å². The highest BCUT2D eigenvalue weighted by Gasteiger charge is 2.25. The first-order valence-corrected chi connectivity index (χ1v) is 11.2. The predicted molar refractivity (Wildman–Crippen MR) is 129 cm³/mol. The van der Waals surface area contributed by atoms with Gasteiger partial charge < -0.3 is 9.64 Å². The summed E-state index contributed by atoms with van der Waals surface area (Å²) in [5.74, 6) is 2.14. The van der Waals surface area contributed by atoms with E-state index in [1.165, 1.54) is 5.56 Å². The lowest BCUT2D eigenvalue weighted by molar-refractivity contribution is -0.00558. The molecule has 4 aromatic rings. The molecule has 0 spiro atoms. The Balaban J connectivity index is 1.52. The van der Waals surface area contributed by atoms with E-state index in [-0.39, 0.29) is 12.2 Å². The number of hydrogen-bond acceptors (Lipinski definition) is 7. The van der Waals surface area contributed by atoms with Gasteiger partial charge in [-0.05, 0) is 38.5 Å². The van der Waals surface area contributed by atoms with E-state index in [1.54, 1.807) is 12.4 Å². The van der Waals surface area contributed by atoms with E-state index in [9.17, 15) is 0 Å². The highest BCUT2D eigenvalue weighted by atomic mass is 16.5. The van der Waals surface area contributed by atoms with E-state index in [1.807, 2.05) is 28.9 Å². The molecular formula is C25H27N7O. The summed E-state index contributed by atoms with van der Waals surface area (Å²) in [7, 11) is 0. The Kier molecular flexibility index (Phi) is 5.83. The Morgan fingerprint density at radius 3 is 2.61 bits per heavy atom. The number of hydrogen-bond donors (Lipinski definition) is 0. The van der Waals surface area contributed by atoms with Gasteiger partial charge in [-0.3, -0.25) is 9.98 Å². The molecule has 1 aliphatic heterocycles. The smallest absolute Gasteiger partial charge is 0.254 e. The maximum Gasteiger partial charge on any atom is 0.254 e. The largest absolute Gasteiger partial charge is 0.372 e. The molecule has 8 nitrogen and oxygen atoms in total. The van der Waals surface area contributed by atoms with Crippen LogP contribution in [0.15, 0.2) is 59.9 Å². The van der Waals surface area contributed by atoms with Gasteiger partial charge in [0, 0.05) is 43.3 Å². The first-order valence-electron chi connectivity index (χ1n) is 11.2. The zero-order valence-corrected chi connectivity index (χ0v) is 19.1. The Bertz CT molecular complexity index is 1270. The fourth-order valence-corrected chi connectivity index (χ4v) is 4.19. The molecule has 1 saturated heterocycles. The standard InChI is InChI=1S/C25H27N7O/c1-17-5-4-6-20(11-17)13-27-14-22-12-23(31-15-18(2)33-19(3)16-31)32-25(28-22)29-24(30-32)21-7-9-26-10-8-21/h4-13,18-19H,14-16H2,1-3H3. The maximum atomic E-state index is 5.95. The minimum Gasteiger partial charge on any atom is -0.372 e. The van der Waals surface area contributed by atoms with Crippen molar-refractivity contribution in [1.29, 1.82) is 0 Å². The van der Waals surface area contributed by atoms with Crippen LogP contribution in [0, 0.1) is 6.92 Å². The van der Waals surface area contributed by atoms with Crippen molar-refractivity contribution < 1.29 is 4.74 Å². The number of aliphatic imine (C=N–C) groups is 1. The maximum absolute atomic E-state index is 5.95. The van der Waals surface area contributed by atoms with Gasteiger partial charge in [0.15, 0.2) is 5.82 Å². The molecule has 1 aromatic carbocycles. The van der Waals surface area contributed by atoms with Gasteiger partial charge in [0.1, 0.15) is 5.82 Å². The number of benzene rings is 1. The van der Waals surface area contributed by atoms with E-state index in [2.05, 4.69) is 59.9 Å². The summed E-state index contributed by atoms with van der Waals surface area (Å²) < 4.78 is 7.77. The molecular weight excluding hydrogens is 414 g/mol. The van der Waals surface area contributed by atoms with Gasteiger partial charge >= 0.3 is 0 Å². The molecule has 3 aromatic heterocycles. The van der Waals surface area contributed by atoms with Crippen molar-refractivity contribution >= 4 is 17.8 Å². The Morgan fingerprint density at radius 2 is 1.85 bits per heavy atom. The zero-order chi connectivity index (χ0) is 22.8. The van der Waals surface area contributed by atoms with Gasteiger partial charge in [0.25, 0.3) is 5.78 Å². The van der Waals surface area contributed by atoms with Gasteiger partial charge in [-0.25, -0.2) is 4.98 Å². The fraction of sp³-hybridized carbons (Fsp3) is 0.320. The molecule has 168 valence electrons. The summed E-state index contributed by atoms with van der Waals surface area (Å²) in [5, 5.41) is 4.78. The first kappa shape index (κ1) is 21.2. The normalized spacial score (nSPS) is 18.9. The van der Waals surface area contributed by atoms with Crippen molar-refractivity contribution in [3.8, 4) is 11.4 Å². The number of rotatable bonds is 5. The van der Waals surface area contributed by atoms with Gasteiger partial charge in [-0.1, -0.05) is 29.8 Å². The monoisotopic (exact) mass is 441 g/mol. The molecule has 8 heteroatoms. The molecule has 0 aliphatic carbocycles. The van der Waals surface area contributed by atoms with E-state index in [0.717, 1.165) is 35.7 Å². The molecule has 0 saturated carbocycles. The molecule has 4 heterocycles. The second-order valence-electron chi connectivity index (χ2n) is 8.54. The summed E-state index contributed by atoms with van der Waals surface area (Å²) in [6.07, 6.45) is 5.63. The van der Waals surface area contributed by atoms with E-state index >= 15 is 0 Å². The summed E-state index contributed by atoms with van der Waals surface area (Å²) in [6.45, 7) is 8.29. The Hall–Kier alpha value is -3.65. The minimum atomic E-state index is 0.128. The molecule has 0 amide bonds. The number of fused-ring (bicyclic) bond motifs is 1. The molecule has 0 radical (unpaired) electrons. The summed E-state index contributed by atoms with van der Waals surface area (Å²) >= 11 is 0. The molecule has 0 bridgehead atoms. The van der Waals surface area contributed by atoms with Crippen LogP contribution in [0.5, 0.6) is 0 Å². The average molecular weight is 442 g/mol. The third-order valence-electron chi connectivity index (χ3n) is 5.56. The topological polar surface area (TPSA) is 80.8 Å². The van der Waals surface area contributed by atoms with Gasteiger partial charge in [0.2, 0.25) is 0 Å². The van der Waals surface area contributed by atoms with E-state index in [0.29, 0.717) is 18.1 Å². The van der Waals surface area contributed by atoms with Crippen molar-refractivity contribution in [3.05, 3.63) is 71.7 Å². The second-order valence-corrected chi connectivity index (χ2v) is 8.54. The third kappa shape index (κ3) is 4.75. The lowest BCUT2D eigenvalue weighted by Gasteiger charge is -2.36. The lowest BCUT2D eigenvalue weighted by atomic mass is 10.1. The molecule has 0 N–H and O–H groups in total. The zero-order valence-electron chi connectivity index (χ0n) is 19.1. The molecule has 2 unspecified atom stereocenters. The number of aryl methyl sites for hydroxylation is 1. The highest BCUT2D eigenvalue weighted by molar-refractivity contribution is 5.79. The highest BCUT2D eigenvalue weighted by Crippen LogP contribution is 2.24. The molecule has 1 aliphatic rings. The molecule has 1 fully saturated rings. The van der Waals surface area contributed by atoms with Crippen LogP contribution in [0.3, 0.4) is 0 Å². The van der Waals surface area contributed by atoms with Crippen molar-refractivity contribution in [2.75, 3.05) is 18.0 Å². The minimum absolute atomic E-state index is 0.128. The van der Waals surface area contributed by atoms with Gasteiger partial charge in [-0.15, -0.1) is 5.10 Å². The fourth-order valence-electron chi connectivity index (χ4n) is 4.19. The molecule has 2 atom stereocenters. The number of anilines is 1. The Labute approximate surface area is 193 Å². The van der Waals surface area contributed by atoms with Crippen molar-refractivity contribution in [3.63, 3.8) is 0 Å². The molecule has 33 heavy (non-hydrogen) atoms. The van der Waals surface area contributed by atoms with Crippen LogP contribution in [0.1, 0.15) is 30.7 Å². The SMILES string of the molecule is Cc1cccc(C=NCc2cc(N3CC(C)OC(C)C3)n3nc(-c4ccncc4)nc3n2)c1. The average Bonchev–Trinajstić information content (AvgIpc) is 3.23. The van der Waals surface area contributed by atoms with Gasteiger partial charge in [-0.2, -0.15) is 9.50 Å². The van der Waals surface area contributed by atoms with Crippen LogP contribution in [0.2, 0.25) is 0 Å². The third-order valence-corrected chi connectivity index (χ3v) is 5.56. The number of nitrogens with zero attached hydrogens (tertiary/aromatic N) is 7. The summed E-state index contributed by atoms with van der Waals surface area (Å²) in [5.41, 5.74) is 4.05. The summed E-state index contributed by atoms with van der Waals surface area (Å²) in [6, 6.07) is 14.2. The van der Waals surface area contributed by atoms with Crippen LogP contribution >= 0.6 is 0 Å². The van der Waals surface area contributed by atoms with Crippen LogP contribution in [0.25, 0.3) is 17.2 Å². The quantitative estimate of drug-likeness (QED) is 0.439.